The molecule has 1 heterocycles. The Morgan fingerprint density at radius 2 is 2.06 bits per heavy atom. The van der Waals surface area contributed by atoms with E-state index in [2.05, 4.69) is 5.32 Å². The van der Waals surface area contributed by atoms with Crippen molar-refractivity contribution in [2.75, 3.05) is 25.1 Å². The molecule has 3 N–H and O–H groups in total. The maximum atomic E-state index is 12.0. The molecule has 86 valence electrons. The van der Waals surface area contributed by atoms with Crippen molar-refractivity contribution in [3.8, 4) is 0 Å². The molecular formula is C12H16N2O2. The zero-order chi connectivity index (χ0) is 11.6. The highest BCUT2D eigenvalue weighted by atomic mass is 16.5. The Kier molecular flexibility index (Phi) is 2.94. The van der Waals surface area contributed by atoms with Gasteiger partial charge in [0.15, 0.2) is 0 Å². The summed E-state index contributed by atoms with van der Waals surface area (Å²) < 4.78 is 5.07. The molecule has 1 fully saturated rings. The van der Waals surface area contributed by atoms with Crippen LogP contribution in [0.3, 0.4) is 0 Å². The fraction of sp³-hybridized carbons (Fsp3) is 0.417. The molecule has 1 aromatic rings. The van der Waals surface area contributed by atoms with Gasteiger partial charge in [0.05, 0.1) is 13.2 Å². The van der Waals surface area contributed by atoms with Crippen LogP contribution in [0.1, 0.15) is 5.56 Å². The summed E-state index contributed by atoms with van der Waals surface area (Å²) in [5, 5.41) is 2.86. The maximum absolute atomic E-state index is 12.0. The first-order valence-electron chi connectivity index (χ1n) is 5.32. The van der Waals surface area contributed by atoms with Gasteiger partial charge < -0.3 is 15.8 Å². The van der Waals surface area contributed by atoms with Gasteiger partial charge in [0.1, 0.15) is 5.41 Å². The van der Waals surface area contributed by atoms with Crippen LogP contribution in [-0.4, -0.2) is 25.7 Å². The predicted octanol–water partition coefficient (Wildman–Crippen LogP) is 0.909. The van der Waals surface area contributed by atoms with Gasteiger partial charge in [0.2, 0.25) is 5.91 Å². The first-order chi connectivity index (χ1) is 7.66. The number of hydrogen-bond donors (Lipinski definition) is 2. The highest BCUT2D eigenvalue weighted by Crippen LogP contribution is 2.27. The molecule has 1 aliphatic rings. The van der Waals surface area contributed by atoms with Gasteiger partial charge in [-0.1, -0.05) is 17.7 Å². The molecule has 4 nitrogen and oxygen atoms in total. The third-order valence-electron chi connectivity index (χ3n) is 2.94. The maximum Gasteiger partial charge on any atom is 0.236 e. The molecule has 1 aliphatic heterocycles. The molecule has 0 saturated carbocycles. The lowest BCUT2D eigenvalue weighted by molar-refractivity contribution is -0.153. The number of carbonyl (C=O) groups excluding carboxylic acids is 1. The minimum absolute atomic E-state index is 0.0508. The number of rotatable bonds is 3. The highest BCUT2D eigenvalue weighted by molar-refractivity contribution is 5.96. The van der Waals surface area contributed by atoms with E-state index < -0.39 is 5.41 Å². The number of nitrogens with two attached hydrogens (primary N) is 1. The fourth-order valence-electron chi connectivity index (χ4n) is 1.59. The predicted molar refractivity (Wildman–Crippen MR) is 62.1 cm³/mol. The largest absolute Gasteiger partial charge is 0.379 e. The lowest BCUT2D eigenvalue weighted by atomic mass is 9.85. The number of aryl methyl sites for hydroxylation is 1. The molecule has 0 bridgehead atoms. The first kappa shape index (κ1) is 11.1. The monoisotopic (exact) mass is 220 g/mol. The number of carbonyl (C=O) groups is 1. The van der Waals surface area contributed by atoms with Crippen LogP contribution in [0.5, 0.6) is 0 Å². The average molecular weight is 220 g/mol. The number of ether oxygens (including phenoxy) is 1. The molecule has 0 radical (unpaired) electrons. The molecule has 2 rings (SSSR count). The third kappa shape index (κ3) is 1.94. The van der Waals surface area contributed by atoms with Gasteiger partial charge in [0, 0.05) is 12.2 Å². The van der Waals surface area contributed by atoms with E-state index in [1.807, 2.05) is 31.2 Å². The van der Waals surface area contributed by atoms with E-state index in [-0.39, 0.29) is 5.91 Å². The molecule has 1 amide bonds. The SMILES string of the molecule is Cc1ccc(NC(=O)C2(CN)COC2)cc1. The van der Waals surface area contributed by atoms with Crippen LogP contribution >= 0.6 is 0 Å². The van der Waals surface area contributed by atoms with E-state index in [9.17, 15) is 4.79 Å². The van der Waals surface area contributed by atoms with Crippen LogP contribution in [-0.2, 0) is 9.53 Å². The summed E-state index contributed by atoms with van der Waals surface area (Å²) in [6.45, 7) is 3.17. The van der Waals surface area contributed by atoms with E-state index in [4.69, 9.17) is 10.5 Å². The lowest BCUT2D eigenvalue weighted by Crippen LogP contribution is -2.56. The number of anilines is 1. The van der Waals surface area contributed by atoms with Gasteiger partial charge in [-0.3, -0.25) is 4.79 Å². The lowest BCUT2D eigenvalue weighted by Gasteiger charge is -2.38. The van der Waals surface area contributed by atoms with Gasteiger partial charge in [0.25, 0.3) is 0 Å². The summed E-state index contributed by atoms with van der Waals surface area (Å²) >= 11 is 0. The van der Waals surface area contributed by atoms with Crippen LogP contribution in [0, 0.1) is 12.3 Å². The quantitative estimate of drug-likeness (QED) is 0.795. The van der Waals surface area contributed by atoms with Crippen molar-refractivity contribution in [2.45, 2.75) is 6.92 Å². The topological polar surface area (TPSA) is 64.4 Å². The number of nitrogens with one attached hydrogen (secondary N) is 1. The summed E-state index contributed by atoms with van der Waals surface area (Å²) in [6, 6.07) is 7.69. The van der Waals surface area contributed by atoms with E-state index >= 15 is 0 Å². The minimum Gasteiger partial charge on any atom is -0.379 e. The van der Waals surface area contributed by atoms with Gasteiger partial charge >= 0.3 is 0 Å². The molecule has 0 aliphatic carbocycles. The molecule has 16 heavy (non-hydrogen) atoms. The van der Waals surface area contributed by atoms with Crippen molar-refractivity contribution in [1.82, 2.24) is 0 Å². The summed E-state index contributed by atoms with van der Waals surface area (Å²) in [6.07, 6.45) is 0. The number of benzene rings is 1. The Hall–Kier alpha value is -1.39. The van der Waals surface area contributed by atoms with Crippen molar-refractivity contribution in [2.24, 2.45) is 11.1 Å². The van der Waals surface area contributed by atoms with Gasteiger partial charge in [-0.15, -0.1) is 0 Å². The zero-order valence-electron chi connectivity index (χ0n) is 9.32. The number of hydrogen-bond acceptors (Lipinski definition) is 3. The van der Waals surface area contributed by atoms with Crippen LogP contribution in [0.15, 0.2) is 24.3 Å². The van der Waals surface area contributed by atoms with Crippen molar-refractivity contribution in [3.63, 3.8) is 0 Å². The van der Waals surface area contributed by atoms with Crippen molar-refractivity contribution >= 4 is 11.6 Å². The highest BCUT2D eigenvalue weighted by Gasteiger charge is 2.44. The summed E-state index contributed by atoms with van der Waals surface area (Å²) in [5.41, 5.74) is 7.05. The molecule has 4 heteroatoms. The Balaban J connectivity index is 2.04. The van der Waals surface area contributed by atoms with Crippen LogP contribution in [0.2, 0.25) is 0 Å². The second-order valence-corrected chi connectivity index (χ2v) is 4.30. The standard InChI is InChI=1S/C12H16N2O2/c1-9-2-4-10(5-3-9)14-11(15)12(6-13)7-16-8-12/h2-5H,6-8,13H2,1H3,(H,14,15). The van der Waals surface area contributed by atoms with Crippen molar-refractivity contribution in [3.05, 3.63) is 29.8 Å². The Bertz CT molecular complexity index is 377. The van der Waals surface area contributed by atoms with Crippen LogP contribution < -0.4 is 11.1 Å². The van der Waals surface area contributed by atoms with E-state index in [0.717, 1.165) is 5.69 Å². The third-order valence-corrected chi connectivity index (χ3v) is 2.94. The molecular weight excluding hydrogens is 204 g/mol. The van der Waals surface area contributed by atoms with Crippen molar-refractivity contribution < 1.29 is 9.53 Å². The molecule has 1 aromatic carbocycles. The molecule has 0 spiro atoms. The molecule has 0 unspecified atom stereocenters. The second-order valence-electron chi connectivity index (χ2n) is 4.30. The Morgan fingerprint density at radius 3 is 2.50 bits per heavy atom. The zero-order valence-corrected chi connectivity index (χ0v) is 9.32. The number of amides is 1. The van der Waals surface area contributed by atoms with E-state index in [1.165, 1.54) is 5.56 Å². The molecule has 0 aromatic heterocycles. The fourth-order valence-corrected chi connectivity index (χ4v) is 1.59. The normalized spacial score (nSPS) is 17.6. The summed E-state index contributed by atoms with van der Waals surface area (Å²) in [5.74, 6) is -0.0508. The average Bonchev–Trinajstić information content (AvgIpc) is 2.21. The smallest absolute Gasteiger partial charge is 0.236 e. The Labute approximate surface area is 94.8 Å². The van der Waals surface area contributed by atoms with E-state index in [0.29, 0.717) is 19.8 Å². The minimum atomic E-state index is -0.523. The van der Waals surface area contributed by atoms with E-state index in [1.54, 1.807) is 0 Å². The van der Waals surface area contributed by atoms with Gasteiger partial charge in [-0.2, -0.15) is 0 Å². The molecule has 0 atom stereocenters. The van der Waals surface area contributed by atoms with Crippen LogP contribution in [0.25, 0.3) is 0 Å². The van der Waals surface area contributed by atoms with Gasteiger partial charge in [-0.05, 0) is 19.1 Å². The Morgan fingerprint density at radius 1 is 1.44 bits per heavy atom. The summed E-state index contributed by atoms with van der Waals surface area (Å²) in [4.78, 5) is 12.0. The first-order valence-corrected chi connectivity index (χ1v) is 5.32. The van der Waals surface area contributed by atoms with Crippen molar-refractivity contribution in [1.29, 1.82) is 0 Å². The second kappa shape index (κ2) is 4.23. The van der Waals surface area contributed by atoms with Gasteiger partial charge in [-0.25, -0.2) is 0 Å². The van der Waals surface area contributed by atoms with Crippen LogP contribution in [0.4, 0.5) is 5.69 Å². The molecule has 1 saturated heterocycles. The summed E-state index contributed by atoms with van der Waals surface area (Å²) in [7, 11) is 0.